The highest BCUT2D eigenvalue weighted by atomic mass is 16.5. The summed E-state index contributed by atoms with van der Waals surface area (Å²) in [7, 11) is 0. The van der Waals surface area contributed by atoms with Crippen molar-refractivity contribution in [1.82, 2.24) is 0 Å². The zero-order chi connectivity index (χ0) is 13.3. The Labute approximate surface area is 115 Å². The van der Waals surface area contributed by atoms with Crippen LogP contribution in [0.15, 0.2) is 48.5 Å². The van der Waals surface area contributed by atoms with E-state index in [9.17, 15) is 0 Å². The lowest BCUT2D eigenvalue weighted by molar-refractivity contribution is 0.302. The van der Waals surface area contributed by atoms with Crippen molar-refractivity contribution in [2.45, 2.75) is 26.4 Å². The molecule has 0 spiro atoms. The number of hydrogen-bond donors (Lipinski definition) is 0. The first-order chi connectivity index (χ1) is 9.38. The van der Waals surface area contributed by atoms with Gasteiger partial charge in [-0.05, 0) is 42.3 Å². The van der Waals surface area contributed by atoms with Crippen molar-refractivity contribution in [3.63, 3.8) is 0 Å². The van der Waals surface area contributed by atoms with Gasteiger partial charge in [0.15, 0.2) is 0 Å². The summed E-state index contributed by atoms with van der Waals surface area (Å²) in [6, 6.07) is 18.5. The Bertz CT molecular complexity index is 462. The molecule has 99 valence electrons. The minimum Gasteiger partial charge on any atom is -0.494 e. The monoisotopic (exact) mass is 255 g/mol. The van der Waals surface area contributed by atoms with Crippen LogP contribution < -0.4 is 9.47 Å². The zero-order valence-corrected chi connectivity index (χ0v) is 11.3. The lowest BCUT2D eigenvalue weighted by atomic mass is 10.2. The topological polar surface area (TPSA) is 18.5 Å². The van der Waals surface area contributed by atoms with Crippen LogP contribution in [0.4, 0.5) is 0 Å². The maximum absolute atomic E-state index is 5.67. The molecule has 0 unspecified atom stereocenters. The third-order valence-electron chi connectivity index (χ3n) is 2.78. The van der Waals surface area contributed by atoms with Gasteiger partial charge in [-0.1, -0.05) is 37.6 Å². The molecule has 0 fully saturated rings. The van der Waals surface area contributed by atoms with Crippen LogP contribution in [0.1, 0.15) is 25.3 Å². The lowest BCUT2D eigenvalue weighted by Gasteiger charge is -2.08. The van der Waals surface area contributed by atoms with Gasteiger partial charge in [0, 0.05) is 0 Å². The van der Waals surface area contributed by atoms with E-state index in [1.165, 1.54) is 0 Å². The van der Waals surface area contributed by atoms with Crippen LogP contribution >= 0.6 is 0 Å². The van der Waals surface area contributed by atoms with E-state index in [2.05, 4.69) is 13.0 Å². The van der Waals surface area contributed by atoms with E-state index in [0.29, 0.717) is 6.61 Å². The van der Waals surface area contributed by atoms with Crippen LogP contribution in [0.5, 0.6) is 11.5 Å². The van der Waals surface area contributed by atoms with Gasteiger partial charge in [-0.15, -0.1) is 0 Å². The number of unbranched alkanes of at least 4 members (excludes halogenated alkanes) is 1. The van der Waals surface area contributed by atoms with E-state index in [-0.39, 0.29) is 0 Å². The first-order valence-corrected chi connectivity index (χ1v) is 6.69. The Kier molecular flexibility index (Phi) is 5.30. The smallest absolute Gasteiger partial charge is 0.119 e. The average molecular weight is 255 g/mol. The van der Waals surface area contributed by atoms with Crippen molar-refractivity contribution in [1.29, 1.82) is 0 Å². The van der Waals surface area contributed by atoms with Gasteiger partial charge in [0.25, 0.3) is 0 Å². The van der Waals surface area contributed by atoms with Crippen LogP contribution in [-0.2, 0) is 6.61 Å². The van der Waals surface area contributed by atoms with Gasteiger partial charge >= 0.3 is 0 Å². The quantitative estimate of drug-likeness (QED) is 0.689. The van der Waals surface area contributed by atoms with E-state index < -0.39 is 0 Å². The van der Waals surface area contributed by atoms with E-state index in [1.54, 1.807) is 0 Å². The largest absolute Gasteiger partial charge is 0.494 e. The molecule has 2 aromatic rings. The summed E-state index contributed by atoms with van der Waals surface area (Å²) in [4.78, 5) is 0. The fraction of sp³-hybridized carbons (Fsp3) is 0.294. The van der Waals surface area contributed by atoms with E-state index in [0.717, 1.165) is 36.5 Å². The zero-order valence-electron chi connectivity index (χ0n) is 11.3. The molecule has 2 aromatic carbocycles. The van der Waals surface area contributed by atoms with Crippen molar-refractivity contribution < 1.29 is 9.47 Å². The standard InChI is InChI=1S/C17H19O2/c1-2-3-13-18-17-11-9-15(10-12-17)14-19-16-7-5-4-6-8-16/h5-12H,2-3,13-14H2,1H3. The molecule has 0 aromatic heterocycles. The Morgan fingerprint density at radius 2 is 1.58 bits per heavy atom. The van der Waals surface area contributed by atoms with Crippen molar-refractivity contribution in [2.75, 3.05) is 6.61 Å². The third-order valence-corrected chi connectivity index (χ3v) is 2.78. The van der Waals surface area contributed by atoms with E-state index in [4.69, 9.17) is 9.47 Å². The second-order valence-electron chi connectivity index (χ2n) is 4.37. The summed E-state index contributed by atoms with van der Waals surface area (Å²) in [5.74, 6) is 1.79. The first-order valence-electron chi connectivity index (χ1n) is 6.69. The SMILES string of the molecule is CCCCOc1ccc(COc2cc[c]cc2)cc1. The average Bonchev–Trinajstić information content (AvgIpc) is 2.48. The molecule has 2 rings (SSSR count). The summed E-state index contributed by atoms with van der Waals surface area (Å²) < 4.78 is 11.3. The second-order valence-corrected chi connectivity index (χ2v) is 4.37. The lowest BCUT2D eigenvalue weighted by Crippen LogP contribution is -1.98. The summed E-state index contributed by atoms with van der Waals surface area (Å²) in [6.45, 7) is 3.51. The number of hydrogen-bond acceptors (Lipinski definition) is 2. The van der Waals surface area contributed by atoms with Crippen molar-refractivity contribution in [2.24, 2.45) is 0 Å². The molecule has 0 saturated heterocycles. The van der Waals surface area contributed by atoms with Crippen LogP contribution in [0.3, 0.4) is 0 Å². The maximum Gasteiger partial charge on any atom is 0.119 e. The normalized spacial score (nSPS) is 10.2. The van der Waals surface area contributed by atoms with Crippen LogP contribution in [0.25, 0.3) is 0 Å². The van der Waals surface area contributed by atoms with Gasteiger partial charge in [0.2, 0.25) is 0 Å². The first kappa shape index (κ1) is 13.5. The van der Waals surface area contributed by atoms with E-state index >= 15 is 0 Å². The van der Waals surface area contributed by atoms with Gasteiger partial charge in [-0.3, -0.25) is 0 Å². The van der Waals surface area contributed by atoms with Gasteiger partial charge < -0.3 is 9.47 Å². The summed E-state index contributed by atoms with van der Waals surface area (Å²) in [5.41, 5.74) is 1.13. The predicted molar refractivity (Wildman–Crippen MR) is 76.5 cm³/mol. The Morgan fingerprint density at radius 3 is 2.26 bits per heavy atom. The highest BCUT2D eigenvalue weighted by molar-refractivity contribution is 5.27. The number of ether oxygens (including phenoxy) is 2. The molecule has 19 heavy (non-hydrogen) atoms. The van der Waals surface area contributed by atoms with Gasteiger partial charge in [0.05, 0.1) is 6.61 Å². The fourth-order valence-corrected chi connectivity index (χ4v) is 1.65. The van der Waals surface area contributed by atoms with Gasteiger partial charge in [-0.25, -0.2) is 0 Å². The molecule has 0 aliphatic carbocycles. The van der Waals surface area contributed by atoms with Crippen LogP contribution in [0.2, 0.25) is 0 Å². The molecular weight excluding hydrogens is 236 g/mol. The Hall–Kier alpha value is -1.96. The minimum atomic E-state index is 0.569. The number of benzene rings is 2. The third kappa shape index (κ3) is 4.66. The molecule has 0 N–H and O–H groups in total. The molecule has 0 amide bonds. The molecule has 0 bridgehead atoms. The minimum absolute atomic E-state index is 0.569. The molecule has 0 aliphatic heterocycles. The Balaban J connectivity index is 1.81. The predicted octanol–water partition coefficient (Wildman–Crippen LogP) is 4.24. The summed E-state index contributed by atoms with van der Waals surface area (Å²) >= 11 is 0. The van der Waals surface area contributed by atoms with Crippen LogP contribution in [0, 0.1) is 6.07 Å². The fourth-order valence-electron chi connectivity index (χ4n) is 1.65. The molecule has 0 atom stereocenters. The summed E-state index contributed by atoms with van der Waals surface area (Å²) in [6.07, 6.45) is 2.25. The molecule has 0 aliphatic rings. The maximum atomic E-state index is 5.67. The van der Waals surface area contributed by atoms with E-state index in [1.807, 2.05) is 48.5 Å². The molecular formula is C17H19O2. The highest BCUT2D eigenvalue weighted by Gasteiger charge is 1.97. The molecule has 0 saturated carbocycles. The van der Waals surface area contributed by atoms with Crippen molar-refractivity contribution in [3.05, 3.63) is 60.2 Å². The van der Waals surface area contributed by atoms with Crippen molar-refractivity contribution >= 4 is 0 Å². The summed E-state index contributed by atoms with van der Waals surface area (Å²) in [5, 5.41) is 0. The molecule has 2 heteroatoms. The molecule has 2 nitrogen and oxygen atoms in total. The molecule has 1 radical (unpaired) electrons. The molecule has 0 heterocycles. The Morgan fingerprint density at radius 1 is 0.895 bits per heavy atom. The second kappa shape index (κ2) is 7.47. The van der Waals surface area contributed by atoms with Crippen LogP contribution in [-0.4, -0.2) is 6.61 Å². The van der Waals surface area contributed by atoms with Gasteiger partial charge in [0.1, 0.15) is 18.1 Å². The highest BCUT2D eigenvalue weighted by Crippen LogP contribution is 2.15. The van der Waals surface area contributed by atoms with Crippen molar-refractivity contribution in [3.8, 4) is 11.5 Å². The van der Waals surface area contributed by atoms with Gasteiger partial charge in [-0.2, -0.15) is 0 Å². The number of rotatable bonds is 7.